The minimum atomic E-state index is 0.673. The summed E-state index contributed by atoms with van der Waals surface area (Å²) in [6.07, 6.45) is 9.41. The van der Waals surface area contributed by atoms with E-state index in [4.69, 9.17) is 0 Å². The quantitative estimate of drug-likeness (QED) is 0.709. The van der Waals surface area contributed by atoms with Crippen LogP contribution in [0.4, 0.5) is 5.95 Å². The van der Waals surface area contributed by atoms with Gasteiger partial charge in [-0.2, -0.15) is 0 Å². The van der Waals surface area contributed by atoms with Crippen LogP contribution in [-0.4, -0.2) is 23.1 Å². The molecule has 1 aliphatic heterocycles. The molecule has 1 saturated heterocycles. The van der Waals surface area contributed by atoms with Crippen LogP contribution in [0.3, 0.4) is 0 Å². The van der Waals surface area contributed by atoms with Gasteiger partial charge >= 0.3 is 0 Å². The first kappa shape index (κ1) is 7.42. The monoisotopic (exact) mass is 177 g/mol. The molecule has 0 unspecified atom stereocenters. The molecule has 3 nitrogen and oxygen atoms in total. The number of nitrogens with one attached hydrogen (secondary N) is 1. The maximum atomic E-state index is 4.29. The highest BCUT2D eigenvalue weighted by Crippen LogP contribution is 2.48. The van der Waals surface area contributed by atoms with Crippen molar-refractivity contribution < 1.29 is 0 Å². The van der Waals surface area contributed by atoms with Crippen LogP contribution in [0.25, 0.3) is 0 Å². The average molecular weight is 177 g/mol. The fraction of sp³-hybridized carbons (Fsp3) is 0.700. The van der Waals surface area contributed by atoms with Crippen molar-refractivity contribution in [3.63, 3.8) is 0 Å². The van der Waals surface area contributed by atoms with E-state index in [-0.39, 0.29) is 0 Å². The zero-order chi connectivity index (χ0) is 8.73. The number of H-pyrrole nitrogens is 1. The van der Waals surface area contributed by atoms with Crippen molar-refractivity contribution in [1.82, 2.24) is 9.97 Å². The third-order valence-electron chi connectivity index (χ3n) is 3.64. The number of nitrogens with zero attached hydrogens (tertiary/aromatic N) is 2. The van der Waals surface area contributed by atoms with Crippen LogP contribution >= 0.6 is 0 Å². The topological polar surface area (TPSA) is 31.9 Å². The molecule has 1 aromatic heterocycles. The van der Waals surface area contributed by atoms with Gasteiger partial charge in [-0.1, -0.05) is 6.42 Å². The number of rotatable bonds is 1. The number of anilines is 1. The van der Waals surface area contributed by atoms with E-state index in [1.165, 1.54) is 38.8 Å². The summed E-state index contributed by atoms with van der Waals surface area (Å²) in [5.74, 6) is 1.06. The molecule has 1 N–H and O–H groups in total. The van der Waals surface area contributed by atoms with Crippen LogP contribution in [0.2, 0.25) is 0 Å². The second-order valence-corrected chi connectivity index (χ2v) is 4.44. The van der Waals surface area contributed by atoms with Crippen molar-refractivity contribution in [2.24, 2.45) is 5.41 Å². The Morgan fingerprint density at radius 1 is 1.38 bits per heavy atom. The normalized spacial score (nSPS) is 25.1. The lowest BCUT2D eigenvalue weighted by atomic mass is 9.68. The summed E-state index contributed by atoms with van der Waals surface area (Å²) in [6.45, 7) is 2.41. The van der Waals surface area contributed by atoms with E-state index in [9.17, 15) is 0 Å². The van der Waals surface area contributed by atoms with Gasteiger partial charge < -0.3 is 9.88 Å². The zero-order valence-corrected chi connectivity index (χ0v) is 7.79. The Labute approximate surface area is 78.2 Å². The standard InChI is InChI=1S/C10H15N3/c1-2-10(3-1)4-7-13(8-10)9-11-5-6-12-9/h5-6H,1-4,7-8H2,(H,11,12). The van der Waals surface area contributed by atoms with Crippen LogP contribution in [-0.2, 0) is 0 Å². The summed E-state index contributed by atoms with van der Waals surface area (Å²) >= 11 is 0. The van der Waals surface area contributed by atoms with Gasteiger partial charge in [-0.3, -0.25) is 0 Å². The lowest BCUT2D eigenvalue weighted by Gasteiger charge is -2.37. The van der Waals surface area contributed by atoms with E-state index < -0.39 is 0 Å². The first-order valence-electron chi connectivity index (χ1n) is 5.12. The molecule has 0 radical (unpaired) electrons. The third kappa shape index (κ3) is 1.06. The summed E-state index contributed by atoms with van der Waals surface area (Å²) in [4.78, 5) is 9.86. The SMILES string of the molecule is c1c[nH]c(N2CCC3(CCC3)C2)n1. The van der Waals surface area contributed by atoms with E-state index in [2.05, 4.69) is 14.9 Å². The molecular weight excluding hydrogens is 162 g/mol. The van der Waals surface area contributed by atoms with E-state index in [1.807, 2.05) is 12.4 Å². The predicted octanol–water partition coefficient (Wildman–Crippen LogP) is 1.79. The van der Waals surface area contributed by atoms with E-state index >= 15 is 0 Å². The Bertz CT molecular complexity index is 287. The molecule has 13 heavy (non-hydrogen) atoms. The Hall–Kier alpha value is -0.990. The molecule has 70 valence electrons. The smallest absolute Gasteiger partial charge is 0.202 e. The number of aromatic amines is 1. The van der Waals surface area contributed by atoms with Gasteiger partial charge in [0.1, 0.15) is 0 Å². The second-order valence-electron chi connectivity index (χ2n) is 4.44. The van der Waals surface area contributed by atoms with Crippen LogP contribution in [0.5, 0.6) is 0 Å². The number of imidazole rings is 1. The summed E-state index contributed by atoms with van der Waals surface area (Å²) in [5.41, 5.74) is 0.673. The van der Waals surface area contributed by atoms with Gasteiger partial charge in [-0.05, 0) is 24.7 Å². The maximum Gasteiger partial charge on any atom is 0.202 e. The number of hydrogen-bond acceptors (Lipinski definition) is 2. The first-order chi connectivity index (χ1) is 6.38. The highest BCUT2D eigenvalue weighted by atomic mass is 15.3. The number of hydrogen-bond donors (Lipinski definition) is 1. The van der Waals surface area contributed by atoms with Crippen molar-refractivity contribution in [2.45, 2.75) is 25.7 Å². The molecule has 0 atom stereocenters. The minimum absolute atomic E-state index is 0.673. The van der Waals surface area contributed by atoms with Gasteiger partial charge in [0.15, 0.2) is 0 Å². The highest BCUT2D eigenvalue weighted by molar-refractivity contribution is 5.32. The predicted molar refractivity (Wildman–Crippen MR) is 51.7 cm³/mol. The van der Waals surface area contributed by atoms with Crippen LogP contribution in [0.1, 0.15) is 25.7 Å². The molecule has 2 fully saturated rings. The van der Waals surface area contributed by atoms with Gasteiger partial charge in [-0.25, -0.2) is 4.98 Å². The van der Waals surface area contributed by atoms with Crippen LogP contribution in [0.15, 0.2) is 12.4 Å². The fourth-order valence-corrected chi connectivity index (χ4v) is 2.63. The lowest BCUT2D eigenvalue weighted by Crippen LogP contribution is -2.33. The van der Waals surface area contributed by atoms with Crippen molar-refractivity contribution in [1.29, 1.82) is 0 Å². The molecule has 1 saturated carbocycles. The van der Waals surface area contributed by atoms with Crippen molar-refractivity contribution in [2.75, 3.05) is 18.0 Å². The molecule has 0 aromatic carbocycles. The third-order valence-corrected chi connectivity index (χ3v) is 3.64. The zero-order valence-electron chi connectivity index (χ0n) is 7.79. The molecule has 3 heteroatoms. The molecule has 0 amide bonds. The Balaban J connectivity index is 1.76. The molecular formula is C10H15N3. The largest absolute Gasteiger partial charge is 0.342 e. The van der Waals surface area contributed by atoms with E-state index in [1.54, 1.807) is 0 Å². The lowest BCUT2D eigenvalue weighted by molar-refractivity contribution is 0.165. The Kier molecular flexibility index (Phi) is 1.43. The second kappa shape index (κ2) is 2.50. The molecule has 2 aliphatic rings. The molecule has 0 bridgehead atoms. The van der Waals surface area contributed by atoms with Gasteiger partial charge in [-0.15, -0.1) is 0 Å². The van der Waals surface area contributed by atoms with Crippen molar-refractivity contribution >= 4 is 5.95 Å². The maximum absolute atomic E-state index is 4.29. The Morgan fingerprint density at radius 3 is 2.85 bits per heavy atom. The van der Waals surface area contributed by atoms with Crippen LogP contribution in [0, 0.1) is 5.41 Å². The average Bonchev–Trinajstić information content (AvgIpc) is 2.71. The molecule has 3 rings (SSSR count). The van der Waals surface area contributed by atoms with Crippen LogP contribution < -0.4 is 4.90 Å². The molecule has 1 aliphatic carbocycles. The summed E-state index contributed by atoms with van der Waals surface area (Å²) < 4.78 is 0. The van der Waals surface area contributed by atoms with Crippen molar-refractivity contribution in [3.05, 3.63) is 12.4 Å². The molecule has 2 heterocycles. The van der Waals surface area contributed by atoms with Gasteiger partial charge in [0, 0.05) is 25.5 Å². The summed E-state index contributed by atoms with van der Waals surface area (Å²) in [7, 11) is 0. The summed E-state index contributed by atoms with van der Waals surface area (Å²) in [5, 5.41) is 0. The Morgan fingerprint density at radius 2 is 2.31 bits per heavy atom. The van der Waals surface area contributed by atoms with Gasteiger partial charge in [0.2, 0.25) is 5.95 Å². The number of aromatic nitrogens is 2. The highest BCUT2D eigenvalue weighted by Gasteiger charge is 2.43. The summed E-state index contributed by atoms with van der Waals surface area (Å²) in [6, 6.07) is 0. The van der Waals surface area contributed by atoms with E-state index in [0.29, 0.717) is 5.41 Å². The van der Waals surface area contributed by atoms with Crippen molar-refractivity contribution in [3.8, 4) is 0 Å². The van der Waals surface area contributed by atoms with Gasteiger partial charge in [0.25, 0.3) is 0 Å². The van der Waals surface area contributed by atoms with E-state index in [0.717, 1.165) is 5.95 Å². The molecule has 1 aromatic rings. The minimum Gasteiger partial charge on any atom is -0.342 e. The first-order valence-corrected chi connectivity index (χ1v) is 5.12. The fourth-order valence-electron chi connectivity index (χ4n) is 2.63. The van der Waals surface area contributed by atoms with Gasteiger partial charge in [0.05, 0.1) is 0 Å². The molecule has 1 spiro atoms.